The number of halogens is 1. The number of hydrogen-bond acceptors (Lipinski definition) is 6. The molecule has 0 saturated heterocycles. The average Bonchev–Trinajstić information content (AvgIpc) is 2.84. The third-order valence-corrected chi connectivity index (χ3v) is 4.09. The highest BCUT2D eigenvalue weighted by Crippen LogP contribution is 2.44. The smallest absolute Gasteiger partial charge is 0.407 e. The predicted molar refractivity (Wildman–Crippen MR) is 85.7 cm³/mol. The number of nitrogens with zero attached hydrogens (tertiary/aromatic N) is 3. The first-order chi connectivity index (χ1) is 11.4. The van der Waals surface area contributed by atoms with Gasteiger partial charge in [-0.3, -0.25) is 14.8 Å². The number of aryl methyl sites for hydroxylation is 1. The minimum atomic E-state index is -2.09. The summed E-state index contributed by atoms with van der Waals surface area (Å²) < 4.78 is 21.8. The van der Waals surface area contributed by atoms with Crippen molar-refractivity contribution in [3.05, 3.63) is 22.0 Å². The lowest BCUT2D eigenvalue weighted by Crippen LogP contribution is -2.51. The molecule has 0 spiro atoms. The molecule has 10 heteroatoms. The molecule has 3 unspecified atom stereocenters. The van der Waals surface area contributed by atoms with Crippen molar-refractivity contribution in [2.75, 3.05) is 0 Å². The highest BCUT2D eigenvalue weighted by atomic mass is 19.1. The highest BCUT2D eigenvalue weighted by molar-refractivity contribution is 5.68. The van der Waals surface area contributed by atoms with E-state index in [0.717, 1.165) is 10.9 Å². The van der Waals surface area contributed by atoms with Gasteiger partial charge in [0, 0.05) is 13.5 Å². The first kappa shape index (κ1) is 19.1. The Morgan fingerprint density at radius 3 is 2.80 bits per heavy atom. The van der Waals surface area contributed by atoms with Gasteiger partial charge in [0.2, 0.25) is 0 Å². The van der Waals surface area contributed by atoms with Crippen LogP contribution in [0.2, 0.25) is 0 Å². The van der Waals surface area contributed by atoms with Crippen LogP contribution in [0, 0.1) is 10.1 Å². The van der Waals surface area contributed by atoms with Crippen LogP contribution in [0.25, 0.3) is 0 Å². The Hall–Kier alpha value is -2.23. The Labute approximate surface area is 144 Å². The van der Waals surface area contributed by atoms with Crippen molar-refractivity contribution in [1.29, 1.82) is 0 Å². The lowest BCUT2D eigenvalue weighted by Gasteiger charge is -2.37. The van der Waals surface area contributed by atoms with E-state index in [1.807, 2.05) is 0 Å². The first-order valence-electron chi connectivity index (χ1n) is 7.96. The number of carbonyl (C=O) groups excluding carboxylic acids is 1. The topological polar surface area (TPSA) is 120 Å². The van der Waals surface area contributed by atoms with E-state index in [-0.39, 0.29) is 25.0 Å². The van der Waals surface area contributed by atoms with Gasteiger partial charge in [-0.2, -0.15) is 5.10 Å². The van der Waals surface area contributed by atoms with E-state index in [2.05, 4.69) is 10.4 Å². The van der Waals surface area contributed by atoms with Crippen LogP contribution < -0.4 is 5.32 Å². The van der Waals surface area contributed by atoms with Crippen LogP contribution in [0.4, 0.5) is 14.9 Å². The van der Waals surface area contributed by atoms with E-state index in [1.54, 1.807) is 20.8 Å². The number of rotatable bonds is 3. The van der Waals surface area contributed by atoms with Gasteiger partial charge in [0.25, 0.3) is 0 Å². The van der Waals surface area contributed by atoms with Crippen molar-refractivity contribution in [2.24, 2.45) is 7.05 Å². The second-order valence-corrected chi connectivity index (χ2v) is 7.29. The lowest BCUT2D eigenvalue weighted by atomic mass is 9.79. The maximum Gasteiger partial charge on any atom is 0.407 e. The molecule has 1 aliphatic carbocycles. The number of hydrogen-bond donors (Lipinski definition) is 2. The molecule has 140 valence electrons. The molecule has 2 N–H and O–H groups in total. The maximum absolute atomic E-state index is 15.6. The van der Waals surface area contributed by atoms with E-state index in [9.17, 15) is 20.0 Å². The fraction of sp³-hybridized carbons (Fsp3) is 0.733. The second-order valence-electron chi connectivity index (χ2n) is 7.29. The van der Waals surface area contributed by atoms with Crippen molar-refractivity contribution < 1.29 is 24.0 Å². The fourth-order valence-electron chi connectivity index (χ4n) is 3.06. The zero-order valence-corrected chi connectivity index (χ0v) is 14.7. The molecule has 1 fully saturated rings. The van der Waals surface area contributed by atoms with Crippen LogP contribution in [0.15, 0.2) is 6.20 Å². The number of aromatic nitrogens is 2. The zero-order valence-electron chi connectivity index (χ0n) is 14.7. The van der Waals surface area contributed by atoms with E-state index >= 15 is 4.39 Å². The molecule has 0 aromatic carbocycles. The van der Waals surface area contributed by atoms with Gasteiger partial charge in [0.05, 0.1) is 17.1 Å². The molecule has 1 saturated carbocycles. The Kier molecular flexibility index (Phi) is 5.03. The minimum Gasteiger partial charge on any atom is -0.444 e. The van der Waals surface area contributed by atoms with Crippen LogP contribution in [-0.2, 0) is 17.5 Å². The molecule has 25 heavy (non-hydrogen) atoms. The molecule has 3 atom stereocenters. The summed E-state index contributed by atoms with van der Waals surface area (Å²) >= 11 is 0. The van der Waals surface area contributed by atoms with Crippen molar-refractivity contribution in [1.82, 2.24) is 15.1 Å². The molecule has 1 aromatic rings. The summed E-state index contributed by atoms with van der Waals surface area (Å²) in [4.78, 5) is 22.4. The summed E-state index contributed by atoms with van der Waals surface area (Å²) in [5.41, 5.74) is -3.41. The van der Waals surface area contributed by atoms with Gasteiger partial charge in [-0.25, -0.2) is 9.18 Å². The van der Waals surface area contributed by atoms with Crippen LogP contribution >= 0.6 is 0 Å². The molecule has 1 amide bonds. The van der Waals surface area contributed by atoms with E-state index < -0.39 is 40.1 Å². The molecule has 0 bridgehead atoms. The minimum absolute atomic E-state index is 0.0410. The molecule has 1 aromatic heterocycles. The first-order valence-corrected chi connectivity index (χ1v) is 7.96. The molecular weight excluding hydrogens is 335 g/mol. The van der Waals surface area contributed by atoms with Gasteiger partial charge in [-0.05, 0) is 33.6 Å². The largest absolute Gasteiger partial charge is 0.444 e. The zero-order chi connectivity index (χ0) is 19.0. The summed E-state index contributed by atoms with van der Waals surface area (Å²) in [5.74, 6) is 0. The van der Waals surface area contributed by atoms with Crippen molar-refractivity contribution in [3.63, 3.8) is 0 Å². The highest BCUT2D eigenvalue weighted by Gasteiger charge is 2.48. The van der Waals surface area contributed by atoms with E-state index in [1.165, 1.54) is 7.05 Å². The van der Waals surface area contributed by atoms with Crippen molar-refractivity contribution in [3.8, 4) is 0 Å². The summed E-state index contributed by atoms with van der Waals surface area (Å²) in [6.07, 6.45) is -1.13. The standard InChI is InChI=1S/C15H23FN4O5/c1-14(2,3)25-13(22)18-9-7-15(16,6-5-11(9)21)12-10(20(23)24)8-17-19(12)4/h8-9,11,21H,5-7H2,1-4H3,(H,18,22). The summed E-state index contributed by atoms with van der Waals surface area (Å²) in [7, 11) is 1.42. The predicted octanol–water partition coefficient (Wildman–Crippen LogP) is 1.93. The molecule has 1 aliphatic rings. The van der Waals surface area contributed by atoms with Crippen LogP contribution in [-0.4, -0.2) is 43.7 Å². The Morgan fingerprint density at radius 2 is 2.24 bits per heavy atom. The van der Waals surface area contributed by atoms with E-state index in [4.69, 9.17) is 4.74 Å². The normalized spacial score (nSPS) is 27.0. The number of aliphatic hydroxyl groups is 1. The van der Waals surface area contributed by atoms with Gasteiger partial charge in [0.15, 0.2) is 11.4 Å². The second kappa shape index (κ2) is 6.58. The summed E-state index contributed by atoms with van der Waals surface area (Å²) in [6.45, 7) is 5.05. The van der Waals surface area contributed by atoms with Crippen LogP contribution in [0.5, 0.6) is 0 Å². The average molecular weight is 358 g/mol. The van der Waals surface area contributed by atoms with E-state index in [0.29, 0.717) is 0 Å². The number of carbonyl (C=O) groups is 1. The van der Waals surface area contributed by atoms with Crippen molar-refractivity contribution in [2.45, 2.75) is 63.4 Å². The molecule has 0 radical (unpaired) electrons. The van der Waals surface area contributed by atoms with Gasteiger partial charge in [-0.15, -0.1) is 0 Å². The lowest BCUT2D eigenvalue weighted by molar-refractivity contribution is -0.386. The number of alkyl carbamates (subject to hydrolysis) is 1. The monoisotopic (exact) mass is 358 g/mol. The third-order valence-electron chi connectivity index (χ3n) is 4.09. The van der Waals surface area contributed by atoms with Crippen molar-refractivity contribution >= 4 is 11.8 Å². The van der Waals surface area contributed by atoms with Gasteiger partial charge < -0.3 is 15.2 Å². The van der Waals surface area contributed by atoms with Gasteiger partial charge in [0.1, 0.15) is 11.8 Å². The van der Waals surface area contributed by atoms with Crippen LogP contribution in [0.3, 0.4) is 0 Å². The number of ether oxygens (including phenoxy) is 1. The number of alkyl halides is 1. The number of nitro groups is 1. The Bertz CT molecular complexity index is 671. The SMILES string of the molecule is Cn1ncc([N+](=O)[O-])c1C1(F)CCC(O)C(NC(=O)OC(C)(C)C)C1. The third kappa shape index (κ3) is 4.25. The molecule has 1 heterocycles. The quantitative estimate of drug-likeness (QED) is 0.629. The van der Waals surface area contributed by atoms with Crippen LogP contribution in [0.1, 0.15) is 45.7 Å². The Balaban J connectivity index is 2.23. The summed E-state index contributed by atoms with van der Waals surface area (Å²) in [6, 6.07) is -0.928. The number of aliphatic hydroxyl groups excluding tert-OH is 1. The molecule has 0 aliphatic heterocycles. The Morgan fingerprint density at radius 1 is 1.60 bits per heavy atom. The molecule has 9 nitrogen and oxygen atoms in total. The fourth-order valence-corrected chi connectivity index (χ4v) is 3.06. The van der Waals surface area contributed by atoms with Gasteiger partial charge >= 0.3 is 11.8 Å². The maximum atomic E-state index is 15.6. The molecular formula is C15H23FN4O5. The number of amides is 1. The summed E-state index contributed by atoms with van der Waals surface area (Å²) in [5, 5.41) is 27.5. The van der Waals surface area contributed by atoms with Gasteiger partial charge in [-0.1, -0.05) is 0 Å². The molecule has 2 rings (SSSR count). The number of nitrogens with one attached hydrogen (secondary N) is 1.